The molecule has 0 saturated heterocycles. The zero-order chi connectivity index (χ0) is 12.2. The third-order valence-electron chi connectivity index (χ3n) is 2.75. The number of rotatable bonds is 5. The van der Waals surface area contributed by atoms with E-state index >= 15 is 0 Å². The number of para-hydroxylation sites is 1. The van der Waals surface area contributed by atoms with E-state index in [9.17, 15) is 4.79 Å². The van der Waals surface area contributed by atoms with E-state index in [1.165, 1.54) is 0 Å². The minimum absolute atomic E-state index is 0.127. The van der Waals surface area contributed by atoms with E-state index in [0.29, 0.717) is 17.7 Å². The Kier molecular flexibility index (Phi) is 4.11. The summed E-state index contributed by atoms with van der Waals surface area (Å²) in [5.41, 5.74) is 0.455. The zero-order valence-electron chi connectivity index (χ0n) is 10.5. The Morgan fingerprint density at radius 1 is 1.25 bits per heavy atom. The second kappa shape index (κ2) is 5.15. The SMILES string of the molecule is CCC(=O)c1ccccc1OC(C)(C)CC. The van der Waals surface area contributed by atoms with Gasteiger partial charge in [0.2, 0.25) is 0 Å². The summed E-state index contributed by atoms with van der Waals surface area (Å²) in [5.74, 6) is 0.823. The number of Topliss-reactive ketones (excluding diaryl/α,β-unsaturated/α-hetero) is 1. The minimum Gasteiger partial charge on any atom is -0.487 e. The van der Waals surface area contributed by atoms with Crippen LogP contribution in [0.5, 0.6) is 5.75 Å². The molecular weight excluding hydrogens is 200 g/mol. The van der Waals surface area contributed by atoms with Crippen LogP contribution < -0.4 is 4.74 Å². The Bertz CT molecular complexity index is 367. The zero-order valence-corrected chi connectivity index (χ0v) is 10.5. The van der Waals surface area contributed by atoms with Gasteiger partial charge in [-0.3, -0.25) is 4.79 Å². The maximum atomic E-state index is 11.7. The summed E-state index contributed by atoms with van der Waals surface area (Å²) in [7, 11) is 0. The Morgan fingerprint density at radius 2 is 1.88 bits per heavy atom. The molecule has 0 heterocycles. The lowest BCUT2D eigenvalue weighted by atomic mass is 10.0. The van der Waals surface area contributed by atoms with Crippen molar-refractivity contribution in [1.82, 2.24) is 0 Å². The second-order valence-electron chi connectivity index (χ2n) is 4.49. The second-order valence-corrected chi connectivity index (χ2v) is 4.49. The molecule has 0 aliphatic carbocycles. The summed E-state index contributed by atoms with van der Waals surface area (Å²) in [5, 5.41) is 0. The Labute approximate surface area is 97.6 Å². The van der Waals surface area contributed by atoms with Crippen molar-refractivity contribution in [3.63, 3.8) is 0 Å². The van der Waals surface area contributed by atoms with Crippen LogP contribution in [0.1, 0.15) is 50.9 Å². The maximum Gasteiger partial charge on any atom is 0.166 e. The van der Waals surface area contributed by atoms with Crippen LogP contribution in [0.2, 0.25) is 0 Å². The number of hydrogen-bond donors (Lipinski definition) is 0. The number of ether oxygens (including phenoxy) is 1. The Balaban J connectivity index is 3.00. The lowest BCUT2D eigenvalue weighted by Gasteiger charge is -2.26. The van der Waals surface area contributed by atoms with E-state index in [-0.39, 0.29) is 11.4 Å². The van der Waals surface area contributed by atoms with Crippen LogP contribution in [-0.2, 0) is 0 Å². The quantitative estimate of drug-likeness (QED) is 0.704. The fraction of sp³-hybridized carbons (Fsp3) is 0.500. The van der Waals surface area contributed by atoms with Gasteiger partial charge in [0, 0.05) is 6.42 Å². The molecule has 0 spiro atoms. The van der Waals surface area contributed by atoms with Gasteiger partial charge in [-0.25, -0.2) is 0 Å². The maximum absolute atomic E-state index is 11.7. The molecule has 0 aliphatic heterocycles. The van der Waals surface area contributed by atoms with Gasteiger partial charge in [-0.1, -0.05) is 26.0 Å². The van der Waals surface area contributed by atoms with E-state index < -0.39 is 0 Å². The van der Waals surface area contributed by atoms with Gasteiger partial charge in [0.1, 0.15) is 11.4 Å². The summed E-state index contributed by atoms with van der Waals surface area (Å²) in [4.78, 5) is 11.7. The van der Waals surface area contributed by atoms with Gasteiger partial charge in [-0.2, -0.15) is 0 Å². The van der Waals surface area contributed by atoms with Gasteiger partial charge >= 0.3 is 0 Å². The highest BCUT2D eigenvalue weighted by Crippen LogP contribution is 2.25. The van der Waals surface area contributed by atoms with Gasteiger partial charge < -0.3 is 4.74 Å². The molecule has 2 heteroatoms. The van der Waals surface area contributed by atoms with Gasteiger partial charge in [0.15, 0.2) is 5.78 Å². The fourth-order valence-electron chi connectivity index (χ4n) is 1.35. The van der Waals surface area contributed by atoms with Crippen molar-refractivity contribution in [3.05, 3.63) is 29.8 Å². The van der Waals surface area contributed by atoms with Crippen molar-refractivity contribution in [2.75, 3.05) is 0 Å². The molecule has 0 radical (unpaired) electrons. The van der Waals surface area contributed by atoms with Gasteiger partial charge in [0.05, 0.1) is 5.56 Å². The molecule has 0 N–H and O–H groups in total. The standard InChI is InChI=1S/C14H20O2/c1-5-12(15)11-9-7-8-10-13(11)16-14(3,4)6-2/h7-10H,5-6H2,1-4H3. The number of benzene rings is 1. The van der Waals surface area contributed by atoms with Crippen molar-refractivity contribution in [3.8, 4) is 5.75 Å². The third kappa shape index (κ3) is 3.09. The van der Waals surface area contributed by atoms with Crippen molar-refractivity contribution in [2.24, 2.45) is 0 Å². The summed E-state index contributed by atoms with van der Waals surface area (Å²) in [6.07, 6.45) is 1.41. The minimum atomic E-state index is -0.232. The fourth-order valence-corrected chi connectivity index (χ4v) is 1.35. The molecule has 0 saturated carbocycles. The van der Waals surface area contributed by atoms with E-state index in [1.807, 2.05) is 45.0 Å². The highest BCUT2D eigenvalue weighted by Gasteiger charge is 2.20. The van der Waals surface area contributed by atoms with Crippen LogP contribution in [0.15, 0.2) is 24.3 Å². The van der Waals surface area contributed by atoms with Crippen LogP contribution in [0.3, 0.4) is 0 Å². The van der Waals surface area contributed by atoms with E-state index in [0.717, 1.165) is 6.42 Å². The summed E-state index contributed by atoms with van der Waals surface area (Å²) < 4.78 is 5.88. The molecule has 0 aliphatic rings. The number of ketones is 1. The molecule has 0 atom stereocenters. The molecule has 2 nitrogen and oxygen atoms in total. The van der Waals surface area contributed by atoms with Gasteiger partial charge in [0.25, 0.3) is 0 Å². The first-order valence-corrected chi connectivity index (χ1v) is 5.81. The molecule has 0 bridgehead atoms. The Morgan fingerprint density at radius 3 is 2.44 bits per heavy atom. The van der Waals surface area contributed by atoms with Crippen molar-refractivity contribution in [1.29, 1.82) is 0 Å². The molecule has 16 heavy (non-hydrogen) atoms. The molecule has 0 unspecified atom stereocenters. The first kappa shape index (κ1) is 12.8. The van der Waals surface area contributed by atoms with E-state index in [4.69, 9.17) is 4.74 Å². The van der Waals surface area contributed by atoms with Crippen LogP contribution in [0.4, 0.5) is 0 Å². The molecule has 0 fully saturated rings. The highest BCUT2D eigenvalue weighted by atomic mass is 16.5. The first-order valence-electron chi connectivity index (χ1n) is 5.81. The lowest BCUT2D eigenvalue weighted by molar-refractivity contribution is 0.0929. The summed E-state index contributed by atoms with van der Waals surface area (Å²) >= 11 is 0. The topological polar surface area (TPSA) is 26.3 Å². The molecular formula is C14H20O2. The predicted molar refractivity (Wildman–Crippen MR) is 66.1 cm³/mol. The normalized spacial score (nSPS) is 11.2. The number of carbonyl (C=O) groups is 1. The van der Waals surface area contributed by atoms with Crippen LogP contribution in [0, 0.1) is 0 Å². The van der Waals surface area contributed by atoms with Crippen LogP contribution >= 0.6 is 0 Å². The van der Waals surface area contributed by atoms with Crippen molar-refractivity contribution < 1.29 is 9.53 Å². The largest absolute Gasteiger partial charge is 0.487 e. The average Bonchev–Trinajstić information content (AvgIpc) is 2.28. The molecule has 1 rings (SSSR count). The molecule has 88 valence electrons. The lowest BCUT2D eigenvalue weighted by Crippen LogP contribution is -2.27. The molecule has 1 aromatic rings. The smallest absolute Gasteiger partial charge is 0.166 e. The third-order valence-corrected chi connectivity index (χ3v) is 2.75. The Hall–Kier alpha value is -1.31. The number of carbonyl (C=O) groups excluding carboxylic acids is 1. The highest BCUT2D eigenvalue weighted by molar-refractivity contribution is 5.98. The van der Waals surface area contributed by atoms with E-state index in [2.05, 4.69) is 6.92 Å². The predicted octanol–water partition coefficient (Wildman–Crippen LogP) is 3.85. The van der Waals surface area contributed by atoms with Crippen LogP contribution in [-0.4, -0.2) is 11.4 Å². The molecule has 1 aromatic carbocycles. The summed E-state index contributed by atoms with van der Waals surface area (Å²) in [6.45, 7) is 7.99. The molecule has 0 aromatic heterocycles. The van der Waals surface area contributed by atoms with E-state index in [1.54, 1.807) is 0 Å². The molecule has 0 amide bonds. The van der Waals surface area contributed by atoms with Crippen molar-refractivity contribution in [2.45, 2.75) is 46.1 Å². The average molecular weight is 220 g/mol. The first-order chi connectivity index (χ1) is 7.50. The number of hydrogen-bond acceptors (Lipinski definition) is 2. The van der Waals surface area contributed by atoms with Gasteiger partial charge in [-0.05, 0) is 32.4 Å². The summed E-state index contributed by atoms with van der Waals surface area (Å²) in [6, 6.07) is 7.45. The monoisotopic (exact) mass is 220 g/mol. The van der Waals surface area contributed by atoms with Crippen LogP contribution in [0.25, 0.3) is 0 Å². The van der Waals surface area contributed by atoms with Crippen molar-refractivity contribution >= 4 is 5.78 Å². The van der Waals surface area contributed by atoms with Gasteiger partial charge in [-0.15, -0.1) is 0 Å².